The number of rotatable bonds is 7. The molecule has 0 radical (unpaired) electrons. The second-order valence-corrected chi connectivity index (χ2v) is 8.94. The van der Waals surface area contributed by atoms with Crippen molar-refractivity contribution in [3.8, 4) is 5.75 Å². The number of nitrogens with zero attached hydrogens (tertiary/aromatic N) is 3. The average Bonchev–Trinajstić information content (AvgIpc) is 2.73. The zero-order valence-electron chi connectivity index (χ0n) is 16.7. The Morgan fingerprint density at radius 2 is 1.87 bits per heavy atom. The van der Waals surface area contributed by atoms with Gasteiger partial charge >= 0.3 is 5.97 Å². The van der Waals surface area contributed by atoms with Crippen LogP contribution in [0.5, 0.6) is 5.75 Å². The van der Waals surface area contributed by atoms with Crippen LogP contribution < -0.4 is 10.3 Å². The molecule has 0 fully saturated rings. The van der Waals surface area contributed by atoms with E-state index < -0.39 is 5.97 Å². The summed E-state index contributed by atoms with van der Waals surface area (Å²) in [4.78, 5) is 29.1. The molecule has 0 spiro atoms. The van der Waals surface area contributed by atoms with Crippen molar-refractivity contribution in [2.24, 2.45) is 5.10 Å². The molecule has 0 atom stereocenters. The molecule has 0 amide bonds. The highest BCUT2D eigenvalue weighted by atomic mass is 79.9. The van der Waals surface area contributed by atoms with Crippen molar-refractivity contribution in [1.29, 1.82) is 0 Å². The molecule has 0 aliphatic heterocycles. The molecule has 31 heavy (non-hydrogen) atoms. The van der Waals surface area contributed by atoms with E-state index in [0.29, 0.717) is 50.0 Å². The maximum absolute atomic E-state index is 13.0. The minimum absolute atomic E-state index is 0.202. The molecular weight excluding hydrogens is 598 g/mol. The van der Waals surface area contributed by atoms with E-state index in [9.17, 15) is 9.59 Å². The quantitative estimate of drug-likeness (QED) is 0.274. The summed E-state index contributed by atoms with van der Waals surface area (Å²) in [6.07, 6.45) is 2.11. The summed E-state index contributed by atoms with van der Waals surface area (Å²) in [5, 5.41) is 4.86. The predicted molar refractivity (Wildman–Crippen MR) is 130 cm³/mol. The number of halogens is 3. The molecule has 0 unspecified atom stereocenters. The van der Waals surface area contributed by atoms with Crippen molar-refractivity contribution in [3.05, 3.63) is 65.5 Å². The van der Waals surface area contributed by atoms with Crippen molar-refractivity contribution < 1.29 is 14.3 Å². The van der Waals surface area contributed by atoms with E-state index in [1.807, 2.05) is 13.0 Å². The maximum Gasteiger partial charge on any atom is 0.344 e. The van der Waals surface area contributed by atoms with Gasteiger partial charge in [0.25, 0.3) is 5.56 Å². The SMILES string of the molecule is CCOC(=O)COc1c(Br)cc(C=Nn2c(CC)nc3ccc(Br)cc3c2=O)cc1Br. The Labute approximate surface area is 203 Å². The number of hydrogen-bond acceptors (Lipinski definition) is 6. The Morgan fingerprint density at radius 1 is 1.16 bits per heavy atom. The van der Waals surface area contributed by atoms with Crippen LogP contribution in [0, 0.1) is 0 Å². The molecule has 0 aliphatic carbocycles. The molecule has 1 aromatic heterocycles. The van der Waals surface area contributed by atoms with Crippen LogP contribution >= 0.6 is 47.8 Å². The minimum Gasteiger partial charge on any atom is -0.480 e. The second-order valence-electron chi connectivity index (χ2n) is 6.31. The number of aromatic nitrogens is 2. The number of esters is 1. The van der Waals surface area contributed by atoms with Crippen molar-refractivity contribution in [2.45, 2.75) is 20.3 Å². The lowest BCUT2D eigenvalue weighted by Gasteiger charge is -2.11. The van der Waals surface area contributed by atoms with Gasteiger partial charge in [0.1, 0.15) is 11.6 Å². The predicted octanol–water partition coefficient (Wildman–Crippen LogP) is 5.07. The molecule has 7 nitrogen and oxygen atoms in total. The summed E-state index contributed by atoms with van der Waals surface area (Å²) >= 11 is 10.3. The van der Waals surface area contributed by atoms with Crippen LogP contribution in [-0.4, -0.2) is 35.1 Å². The van der Waals surface area contributed by atoms with Crippen LogP contribution in [0.2, 0.25) is 0 Å². The number of carbonyl (C=O) groups excluding carboxylic acids is 1. The Hall–Kier alpha value is -2.04. The Bertz CT molecular complexity index is 1200. The van der Waals surface area contributed by atoms with E-state index in [4.69, 9.17) is 9.47 Å². The lowest BCUT2D eigenvalue weighted by molar-refractivity contribution is -0.145. The van der Waals surface area contributed by atoms with E-state index in [2.05, 4.69) is 57.9 Å². The lowest BCUT2D eigenvalue weighted by atomic mass is 10.2. The average molecular weight is 616 g/mol. The van der Waals surface area contributed by atoms with Gasteiger partial charge in [0.05, 0.1) is 32.7 Å². The summed E-state index contributed by atoms with van der Waals surface area (Å²) in [5.41, 5.74) is 1.10. The first-order valence-electron chi connectivity index (χ1n) is 9.37. The van der Waals surface area contributed by atoms with E-state index in [1.54, 1.807) is 37.4 Å². The molecule has 0 saturated heterocycles. The fraction of sp³-hybridized carbons (Fsp3) is 0.238. The van der Waals surface area contributed by atoms with E-state index >= 15 is 0 Å². The number of carbonyl (C=O) groups is 1. The highest BCUT2D eigenvalue weighted by Crippen LogP contribution is 2.34. The van der Waals surface area contributed by atoms with Crippen molar-refractivity contribution in [1.82, 2.24) is 9.66 Å². The smallest absolute Gasteiger partial charge is 0.344 e. The van der Waals surface area contributed by atoms with Gasteiger partial charge in [-0.25, -0.2) is 9.78 Å². The van der Waals surface area contributed by atoms with Gasteiger partial charge in [-0.05, 0) is 74.7 Å². The number of benzene rings is 2. The fourth-order valence-electron chi connectivity index (χ4n) is 2.79. The van der Waals surface area contributed by atoms with Gasteiger partial charge < -0.3 is 9.47 Å². The van der Waals surface area contributed by atoms with Crippen molar-refractivity contribution in [2.75, 3.05) is 13.2 Å². The van der Waals surface area contributed by atoms with Gasteiger partial charge in [0.2, 0.25) is 0 Å². The second kappa shape index (κ2) is 10.5. The molecule has 10 heteroatoms. The third-order valence-corrected chi connectivity index (χ3v) is 5.85. The van der Waals surface area contributed by atoms with Crippen LogP contribution in [0.1, 0.15) is 25.2 Å². The van der Waals surface area contributed by atoms with Gasteiger partial charge in [-0.15, -0.1) is 0 Å². The largest absolute Gasteiger partial charge is 0.480 e. The Morgan fingerprint density at radius 3 is 2.52 bits per heavy atom. The highest BCUT2D eigenvalue weighted by molar-refractivity contribution is 9.11. The van der Waals surface area contributed by atoms with Gasteiger partial charge in [0, 0.05) is 10.9 Å². The van der Waals surface area contributed by atoms with Crippen LogP contribution in [0.3, 0.4) is 0 Å². The maximum atomic E-state index is 13.0. The summed E-state index contributed by atoms with van der Waals surface area (Å²) < 4.78 is 13.7. The number of ether oxygens (including phenoxy) is 2. The number of hydrogen-bond donors (Lipinski definition) is 0. The van der Waals surface area contributed by atoms with Crippen molar-refractivity contribution >= 4 is 70.9 Å². The lowest BCUT2D eigenvalue weighted by Crippen LogP contribution is -2.22. The van der Waals surface area contributed by atoms with E-state index in [-0.39, 0.29) is 12.2 Å². The summed E-state index contributed by atoms with van der Waals surface area (Å²) in [5.74, 6) is 0.575. The molecule has 3 rings (SSSR count). The molecule has 3 aromatic rings. The monoisotopic (exact) mass is 613 g/mol. The summed E-state index contributed by atoms with van der Waals surface area (Å²) in [6, 6.07) is 8.94. The van der Waals surface area contributed by atoms with Crippen LogP contribution in [0.4, 0.5) is 0 Å². The molecule has 162 valence electrons. The molecule has 0 bridgehead atoms. The number of aryl methyl sites for hydroxylation is 1. The first kappa shape index (κ1) is 23.6. The topological polar surface area (TPSA) is 82.8 Å². The zero-order valence-corrected chi connectivity index (χ0v) is 21.5. The molecular formula is C21H18Br3N3O4. The van der Waals surface area contributed by atoms with Crippen LogP contribution in [-0.2, 0) is 16.0 Å². The molecule has 1 heterocycles. The van der Waals surface area contributed by atoms with Crippen LogP contribution in [0.25, 0.3) is 10.9 Å². The van der Waals surface area contributed by atoms with E-state index in [1.165, 1.54) is 4.68 Å². The standard InChI is InChI=1S/C21H18Br3N3O4/c1-3-18-26-17-6-5-13(22)9-14(17)21(29)27(18)25-10-12-7-15(23)20(16(24)8-12)31-11-19(28)30-4-2/h5-10H,3-4,11H2,1-2H3. The Kier molecular flexibility index (Phi) is 8.01. The first-order chi connectivity index (χ1) is 14.8. The first-order valence-corrected chi connectivity index (χ1v) is 11.7. The van der Waals surface area contributed by atoms with Gasteiger partial charge in [0.15, 0.2) is 6.61 Å². The van der Waals surface area contributed by atoms with Crippen LogP contribution in [0.15, 0.2) is 53.6 Å². The van der Waals surface area contributed by atoms with Gasteiger partial charge in [-0.1, -0.05) is 22.9 Å². The Balaban J connectivity index is 1.93. The minimum atomic E-state index is -0.450. The van der Waals surface area contributed by atoms with Crippen molar-refractivity contribution in [3.63, 3.8) is 0 Å². The molecule has 0 N–H and O–H groups in total. The van der Waals surface area contributed by atoms with E-state index in [0.717, 1.165) is 4.47 Å². The molecule has 0 saturated carbocycles. The summed E-state index contributed by atoms with van der Waals surface area (Å²) in [6.45, 7) is 3.74. The van der Waals surface area contributed by atoms with Gasteiger partial charge in [-0.3, -0.25) is 4.79 Å². The van der Waals surface area contributed by atoms with Gasteiger partial charge in [-0.2, -0.15) is 9.78 Å². The fourth-order valence-corrected chi connectivity index (χ4v) is 4.60. The summed E-state index contributed by atoms with van der Waals surface area (Å²) in [7, 11) is 0. The normalized spacial score (nSPS) is 11.3. The molecule has 2 aromatic carbocycles. The third kappa shape index (κ3) is 5.61. The highest BCUT2D eigenvalue weighted by Gasteiger charge is 2.13. The molecule has 0 aliphatic rings. The third-order valence-electron chi connectivity index (χ3n) is 4.17. The zero-order chi connectivity index (χ0) is 22.5. The number of fused-ring (bicyclic) bond motifs is 1.